The highest BCUT2D eigenvalue weighted by molar-refractivity contribution is 14.1. The average Bonchev–Trinajstić information content (AvgIpc) is 2.47. The number of aldehydes is 1. The van der Waals surface area contributed by atoms with E-state index in [1.807, 2.05) is 17.5 Å². The molecule has 0 bridgehead atoms. The van der Waals surface area contributed by atoms with Gasteiger partial charge in [-0.05, 0) is 50.7 Å². The minimum absolute atomic E-state index is 0.766. The number of benzene rings is 1. The van der Waals surface area contributed by atoms with Crippen molar-refractivity contribution in [3.05, 3.63) is 31.1 Å². The van der Waals surface area contributed by atoms with Gasteiger partial charge in [-0.25, -0.2) is 0 Å². The SMILES string of the molecule is O=Cc1cc2scc(Br)c2cc1I. The average molecular weight is 367 g/mol. The van der Waals surface area contributed by atoms with Crippen LogP contribution in [-0.4, -0.2) is 6.29 Å². The van der Waals surface area contributed by atoms with E-state index in [0.717, 1.165) is 24.6 Å². The molecule has 2 rings (SSSR count). The van der Waals surface area contributed by atoms with Crippen molar-refractivity contribution in [1.29, 1.82) is 0 Å². The summed E-state index contributed by atoms with van der Waals surface area (Å²) in [7, 11) is 0. The molecule has 0 aliphatic carbocycles. The lowest BCUT2D eigenvalue weighted by Crippen LogP contribution is -1.83. The third-order valence-corrected chi connectivity index (χ3v) is 4.61. The van der Waals surface area contributed by atoms with E-state index in [-0.39, 0.29) is 0 Å². The zero-order valence-corrected chi connectivity index (χ0v) is 10.9. The van der Waals surface area contributed by atoms with Crippen LogP contribution in [-0.2, 0) is 0 Å². The van der Waals surface area contributed by atoms with Gasteiger partial charge in [-0.3, -0.25) is 4.79 Å². The second-order valence-electron chi connectivity index (χ2n) is 2.57. The maximum atomic E-state index is 10.7. The van der Waals surface area contributed by atoms with Crippen molar-refractivity contribution in [3.63, 3.8) is 0 Å². The van der Waals surface area contributed by atoms with E-state index in [9.17, 15) is 4.79 Å². The van der Waals surface area contributed by atoms with E-state index in [1.165, 1.54) is 5.39 Å². The summed E-state index contributed by atoms with van der Waals surface area (Å²) in [4.78, 5) is 10.7. The van der Waals surface area contributed by atoms with Gasteiger partial charge in [-0.15, -0.1) is 11.3 Å². The topological polar surface area (TPSA) is 17.1 Å². The number of thiophene rings is 1. The lowest BCUT2D eigenvalue weighted by molar-refractivity contribution is 0.112. The normalized spacial score (nSPS) is 10.6. The molecule has 1 aromatic carbocycles. The number of rotatable bonds is 1. The summed E-state index contributed by atoms with van der Waals surface area (Å²) in [6, 6.07) is 3.96. The van der Waals surface area contributed by atoms with E-state index in [4.69, 9.17) is 0 Å². The van der Waals surface area contributed by atoms with Crippen molar-refractivity contribution in [1.82, 2.24) is 0 Å². The summed E-state index contributed by atoms with van der Waals surface area (Å²) < 4.78 is 3.25. The molecule has 0 saturated heterocycles. The van der Waals surface area contributed by atoms with Crippen molar-refractivity contribution in [3.8, 4) is 0 Å². The number of carbonyl (C=O) groups excluding carboxylic acids is 1. The fraction of sp³-hybridized carbons (Fsp3) is 0. The summed E-state index contributed by atoms with van der Waals surface area (Å²) >= 11 is 7.28. The van der Waals surface area contributed by atoms with Crippen LogP contribution in [0.25, 0.3) is 10.1 Å². The summed E-state index contributed by atoms with van der Waals surface area (Å²) in [5.41, 5.74) is 0.766. The maximum Gasteiger partial charge on any atom is 0.151 e. The van der Waals surface area contributed by atoms with Crippen LogP contribution in [0.2, 0.25) is 0 Å². The Bertz CT molecular complexity index is 478. The molecule has 4 heteroatoms. The first-order valence-electron chi connectivity index (χ1n) is 3.54. The standard InChI is InChI=1S/C9H4BrIOS/c10-7-4-13-9-1-5(3-12)8(11)2-6(7)9/h1-4H. The van der Waals surface area contributed by atoms with Gasteiger partial charge in [-0.1, -0.05) is 0 Å². The van der Waals surface area contributed by atoms with Crippen LogP contribution in [0.3, 0.4) is 0 Å². The Labute approximate surface area is 101 Å². The first-order valence-corrected chi connectivity index (χ1v) is 6.29. The molecule has 0 amide bonds. The van der Waals surface area contributed by atoms with E-state index < -0.39 is 0 Å². The van der Waals surface area contributed by atoms with Gasteiger partial charge in [0, 0.05) is 29.1 Å². The molecule has 13 heavy (non-hydrogen) atoms. The number of carbonyl (C=O) groups is 1. The van der Waals surface area contributed by atoms with Gasteiger partial charge in [0.2, 0.25) is 0 Å². The number of hydrogen-bond acceptors (Lipinski definition) is 2. The fourth-order valence-electron chi connectivity index (χ4n) is 1.12. The molecule has 0 saturated carbocycles. The van der Waals surface area contributed by atoms with Gasteiger partial charge in [0.15, 0.2) is 6.29 Å². The minimum atomic E-state index is 0.766. The number of fused-ring (bicyclic) bond motifs is 1. The Morgan fingerprint density at radius 1 is 1.46 bits per heavy atom. The first-order chi connectivity index (χ1) is 6.22. The predicted molar refractivity (Wildman–Crippen MR) is 67.6 cm³/mol. The third kappa shape index (κ3) is 1.67. The first kappa shape index (κ1) is 9.61. The molecule has 0 aliphatic heterocycles. The molecule has 0 fully saturated rings. The summed E-state index contributed by atoms with van der Waals surface area (Å²) in [6.07, 6.45) is 0.898. The Hall–Kier alpha value is 0.0600. The Balaban J connectivity index is 2.83. The van der Waals surface area contributed by atoms with Gasteiger partial charge in [-0.2, -0.15) is 0 Å². The van der Waals surface area contributed by atoms with Gasteiger partial charge in [0.25, 0.3) is 0 Å². The maximum absolute atomic E-state index is 10.7. The summed E-state index contributed by atoms with van der Waals surface area (Å²) in [5.74, 6) is 0. The molecular weight excluding hydrogens is 363 g/mol. The fourth-order valence-corrected chi connectivity index (χ4v) is 3.30. The van der Waals surface area contributed by atoms with Gasteiger partial charge < -0.3 is 0 Å². The van der Waals surface area contributed by atoms with Crippen LogP contribution >= 0.6 is 49.9 Å². The quantitative estimate of drug-likeness (QED) is 0.549. The van der Waals surface area contributed by atoms with Crippen molar-refractivity contribution >= 4 is 66.2 Å². The lowest BCUT2D eigenvalue weighted by Gasteiger charge is -1.96. The van der Waals surface area contributed by atoms with Crippen LogP contribution in [0.1, 0.15) is 10.4 Å². The molecule has 1 heterocycles. The predicted octanol–water partition coefficient (Wildman–Crippen LogP) is 4.08. The van der Waals surface area contributed by atoms with Gasteiger partial charge in [0.1, 0.15) is 0 Å². The molecule has 1 aromatic heterocycles. The molecule has 0 unspecified atom stereocenters. The van der Waals surface area contributed by atoms with Crippen LogP contribution in [0.15, 0.2) is 22.0 Å². The lowest BCUT2D eigenvalue weighted by atomic mass is 10.2. The Morgan fingerprint density at radius 2 is 2.23 bits per heavy atom. The molecule has 0 N–H and O–H groups in total. The van der Waals surface area contributed by atoms with Crippen molar-refractivity contribution in [2.45, 2.75) is 0 Å². The molecule has 2 aromatic rings. The minimum Gasteiger partial charge on any atom is -0.298 e. The largest absolute Gasteiger partial charge is 0.298 e. The Morgan fingerprint density at radius 3 is 2.92 bits per heavy atom. The highest BCUT2D eigenvalue weighted by Gasteiger charge is 2.05. The Kier molecular flexibility index (Phi) is 2.71. The van der Waals surface area contributed by atoms with Crippen molar-refractivity contribution in [2.75, 3.05) is 0 Å². The van der Waals surface area contributed by atoms with Crippen LogP contribution in [0.5, 0.6) is 0 Å². The third-order valence-electron chi connectivity index (χ3n) is 1.77. The molecule has 1 nitrogen and oxygen atoms in total. The number of hydrogen-bond donors (Lipinski definition) is 0. The van der Waals surface area contributed by atoms with Crippen LogP contribution < -0.4 is 0 Å². The molecule has 0 aliphatic rings. The molecule has 66 valence electrons. The monoisotopic (exact) mass is 366 g/mol. The van der Waals surface area contributed by atoms with E-state index in [0.29, 0.717) is 0 Å². The smallest absolute Gasteiger partial charge is 0.151 e. The van der Waals surface area contributed by atoms with Crippen molar-refractivity contribution in [2.24, 2.45) is 0 Å². The zero-order valence-electron chi connectivity index (χ0n) is 6.38. The number of halogens is 2. The summed E-state index contributed by atoms with van der Waals surface area (Å²) in [6.45, 7) is 0. The molecule has 0 radical (unpaired) electrons. The van der Waals surface area contributed by atoms with E-state index >= 15 is 0 Å². The highest BCUT2D eigenvalue weighted by atomic mass is 127. The van der Waals surface area contributed by atoms with E-state index in [1.54, 1.807) is 11.3 Å². The zero-order chi connectivity index (χ0) is 9.42. The van der Waals surface area contributed by atoms with Crippen LogP contribution in [0, 0.1) is 3.57 Å². The molecular formula is C9H4BrIOS. The molecule has 0 atom stereocenters. The highest BCUT2D eigenvalue weighted by Crippen LogP contribution is 2.32. The van der Waals surface area contributed by atoms with Crippen molar-refractivity contribution < 1.29 is 4.79 Å². The summed E-state index contributed by atoms with van der Waals surface area (Å²) in [5, 5.41) is 3.22. The van der Waals surface area contributed by atoms with Gasteiger partial charge >= 0.3 is 0 Å². The second kappa shape index (κ2) is 3.67. The van der Waals surface area contributed by atoms with E-state index in [2.05, 4.69) is 38.5 Å². The van der Waals surface area contributed by atoms with Crippen LogP contribution in [0.4, 0.5) is 0 Å². The second-order valence-corrected chi connectivity index (χ2v) is 5.50. The molecule has 0 spiro atoms. The van der Waals surface area contributed by atoms with Gasteiger partial charge in [0.05, 0.1) is 0 Å².